The van der Waals surface area contributed by atoms with Crippen molar-refractivity contribution in [2.75, 3.05) is 5.32 Å². The molecule has 0 bridgehead atoms. The Hall–Kier alpha value is -3.62. The summed E-state index contributed by atoms with van der Waals surface area (Å²) >= 11 is 0. The molecule has 0 atom stereocenters. The number of hydrogen-bond donors (Lipinski definition) is 4. The van der Waals surface area contributed by atoms with Crippen LogP contribution in [0.15, 0.2) is 55.6 Å². The summed E-state index contributed by atoms with van der Waals surface area (Å²) in [6, 6.07) is 9.06. The van der Waals surface area contributed by atoms with Gasteiger partial charge in [-0.1, -0.05) is 24.4 Å². The van der Waals surface area contributed by atoms with E-state index in [1.807, 2.05) is 6.07 Å². The highest BCUT2D eigenvalue weighted by Crippen LogP contribution is 2.23. The Morgan fingerprint density at radius 3 is 2.59 bits per heavy atom. The Labute approximate surface area is 166 Å². The number of benzene rings is 1. The van der Waals surface area contributed by atoms with Crippen LogP contribution in [-0.4, -0.2) is 27.0 Å². The molecule has 0 aliphatic heterocycles. The minimum atomic E-state index is -0.618. The molecule has 0 radical (unpaired) electrons. The quantitative estimate of drug-likeness (QED) is 0.387. The predicted molar refractivity (Wildman–Crippen MR) is 111 cm³/mol. The molecule has 1 aliphatic rings. The van der Waals surface area contributed by atoms with E-state index in [1.54, 1.807) is 30.5 Å². The van der Waals surface area contributed by atoms with Gasteiger partial charge in [0.2, 0.25) is 0 Å². The van der Waals surface area contributed by atoms with Crippen LogP contribution in [0.4, 0.5) is 11.4 Å². The van der Waals surface area contributed by atoms with Crippen molar-refractivity contribution in [3.05, 3.63) is 63.0 Å². The van der Waals surface area contributed by atoms with Gasteiger partial charge in [0.05, 0.1) is 11.4 Å². The van der Waals surface area contributed by atoms with Gasteiger partial charge in [0.1, 0.15) is 11.4 Å². The largest absolute Gasteiger partial charge is 0.439 e. The summed E-state index contributed by atoms with van der Waals surface area (Å²) in [6.07, 6.45) is 7.38. The third-order valence-electron chi connectivity index (χ3n) is 5.01. The molecule has 0 spiro atoms. The molecule has 5 N–H and O–H groups in total. The van der Waals surface area contributed by atoms with Gasteiger partial charge >= 0.3 is 5.76 Å². The van der Waals surface area contributed by atoms with Gasteiger partial charge in [-0.2, -0.15) is 0 Å². The van der Waals surface area contributed by atoms with Crippen LogP contribution in [0.2, 0.25) is 0 Å². The Bertz CT molecular complexity index is 1120. The molecule has 0 amide bonds. The van der Waals surface area contributed by atoms with Crippen molar-refractivity contribution < 1.29 is 4.52 Å². The molecular weight excluding hydrogens is 372 g/mol. The van der Waals surface area contributed by atoms with Crippen LogP contribution in [0.5, 0.6) is 0 Å². The van der Waals surface area contributed by atoms with E-state index in [9.17, 15) is 9.59 Å². The fourth-order valence-electron chi connectivity index (χ4n) is 3.56. The Kier molecular flexibility index (Phi) is 5.28. The first-order valence-electron chi connectivity index (χ1n) is 9.59. The van der Waals surface area contributed by atoms with Gasteiger partial charge < -0.3 is 16.0 Å². The number of nitrogens with one attached hydrogen (secondary N) is 3. The average molecular weight is 394 g/mol. The van der Waals surface area contributed by atoms with Crippen molar-refractivity contribution in [1.29, 1.82) is 0 Å². The van der Waals surface area contributed by atoms with E-state index in [0.717, 1.165) is 12.8 Å². The standard InChI is InChI=1S/C20H22N6O3/c21-17(24-14-8-6-12(7-9-14)18-25-20(28)29-26-18)16-15(10-11-22-19(16)27)23-13-4-2-1-3-5-13/h6-11,13H,1-5H2,(H2,21,24)(H2,22,23,27)(H,25,26,28). The lowest BCUT2D eigenvalue weighted by Crippen LogP contribution is -2.29. The van der Waals surface area contributed by atoms with E-state index in [-0.39, 0.29) is 11.4 Å². The number of aliphatic imine (C=N–C) groups is 1. The van der Waals surface area contributed by atoms with Gasteiger partial charge in [-0.3, -0.25) is 14.3 Å². The summed E-state index contributed by atoms with van der Waals surface area (Å²) in [5.74, 6) is -0.155. The van der Waals surface area contributed by atoms with E-state index >= 15 is 0 Å². The summed E-state index contributed by atoms with van der Waals surface area (Å²) in [6.45, 7) is 0. The number of aromatic amines is 2. The van der Waals surface area contributed by atoms with Gasteiger partial charge in [0.25, 0.3) is 5.56 Å². The third kappa shape index (κ3) is 4.29. The maximum Gasteiger partial charge on any atom is 0.439 e. The van der Waals surface area contributed by atoms with Gasteiger partial charge in [-0.15, -0.1) is 0 Å². The lowest BCUT2D eigenvalue weighted by molar-refractivity contribution is 0.388. The summed E-state index contributed by atoms with van der Waals surface area (Å²) in [7, 11) is 0. The Morgan fingerprint density at radius 2 is 1.90 bits per heavy atom. The number of amidine groups is 1. The first kappa shape index (κ1) is 18.7. The molecule has 2 heterocycles. The highest BCUT2D eigenvalue weighted by atomic mass is 16.5. The number of H-pyrrole nitrogens is 2. The molecule has 9 nitrogen and oxygen atoms in total. The maximum absolute atomic E-state index is 12.4. The van der Waals surface area contributed by atoms with Crippen LogP contribution in [-0.2, 0) is 0 Å². The normalized spacial score (nSPS) is 15.4. The molecule has 3 aromatic rings. The molecule has 1 fully saturated rings. The second-order valence-corrected chi connectivity index (χ2v) is 7.06. The minimum Gasteiger partial charge on any atom is -0.383 e. The number of pyridine rings is 1. The summed E-state index contributed by atoms with van der Waals surface area (Å²) in [5.41, 5.74) is 8.19. The summed E-state index contributed by atoms with van der Waals surface area (Å²) < 4.78 is 4.51. The van der Waals surface area contributed by atoms with Gasteiger partial charge in [-0.25, -0.2) is 9.79 Å². The lowest BCUT2D eigenvalue weighted by atomic mass is 9.95. The third-order valence-corrected chi connectivity index (χ3v) is 5.01. The zero-order chi connectivity index (χ0) is 20.2. The second-order valence-electron chi connectivity index (χ2n) is 7.06. The molecule has 9 heteroatoms. The molecule has 150 valence electrons. The maximum atomic E-state index is 12.4. The average Bonchev–Trinajstić information content (AvgIpc) is 3.16. The number of aromatic nitrogens is 3. The molecule has 1 aliphatic carbocycles. The van der Waals surface area contributed by atoms with E-state index < -0.39 is 5.76 Å². The minimum absolute atomic E-state index is 0.132. The molecule has 2 aromatic heterocycles. The van der Waals surface area contributed by atoms with Crippen molar-refractivity contribution in [3.63, 3.8) is 0 Å². The van der Waals surface area contributed by atoms with E-state index in [2.05, 4.69) is 30.0 Å². The van der Waals surface area contributed by atoms with Crippen LogP contribution in [0.3, 0.4) is 0 Å². The number of rotatable bonds is 5. The van der Waals surface area contributed by atoms with Crippen molar-refractivity contribution >= 4 is 17.2 Å². The van der Waals surface area contributed by atoms with E-state index in [0.29, 0.717) is 34.4 Å². The van der Waals surface area contributed by atoms with Crippen LogP contribution in [0.25, 0.3) is 11.4 Å². The molecule has 1 aromatic carbocycles. The second kappa shape index (κ2) is 8.17. The predicted octanol–water partition coefficient (Wildman–Crippen LogP) is 2.50. The number of hydrogen-bond acceptors (Lipinski definition) is 6. The highest BCUT2D eigenvalue weighted by Gasteiger charge is 2.17. The SMILES string of the molecule is NC(=Nc1ccc(-c2noc(=O)[nH]2)cc1)c1c(NC2CCCCC2)cc[nH]c1=O. The lowest BCUT2D eigenvalue weighted by Gasteiger charge is -2.24. The zero-order valence-electron chi connectivity index (χ0n) is 15.8. The van der Waals surface area contributed by atoms with Crippen molar-refractivity contribution in [2.45, 2.75) is 38.1 Å². The van der Waals surface area contributed by atoms with Crippen molar-refractivity contribution in [1.82, 2.24) is 15.1 Å². The smallest absolute Gasteiger partial charge is 0.383 e. The summed E-state index contributed by atoms with van der Waals surface area (Å²) in [4.78, 5) is 33.1. The fourth-order valence-corrected chi connectivity index (χ4v) is 3.56. The Morgan fingerprint density at radius 1 is 1.14 bits per heavy atom. The molecule has 4 rings (SSSR count). The first-order chi connectivity index (χ1) is 14.1. The Balaban J connectivity index is 1.60. The van der Waals surface area contributed by atoms with Gasteiger partial charge in [-0.05, 0) is 43.2 Å². The van der Waals surface area contributed by atoms with E-state index in [1.165, 1.54) is 19.3 Å². The van der Waals surface area contributed by atoms with Gasteiger partial charge in [0, 0.05) is 17.8 Å². The number of anilines is 1. The van der Waals surface area contributed by atoms with Crippen molar-refractivity contribution in [3.8, 4) is 11.4 Å². The molecule has 0 unspecified atom stereocenters. The fraction of sp³-hybridized carbons (Fsp3) is 0.300. The monoisotopic (exact) mass is 394 g/mol. The summed E-state index contributed by atoms with van der Waals surface area (Å²) in [5, 5.41) is 7.10. The van der Waals surface area contributed by atoms with Crippen LogP contribution >= 0.6 is 0 Å². The van der Waals surface area contributed by atoms with Crippen LogP contribution in [0, 0.1) is 0 Å². The van der Waals surface area contributed by atoms with Crippen LogP contribution in [0.1, 0.15) is 37.7 Å². The molecule has 1 saturated carbocycles. The van der Waals surface area contributed by atoms with Crippen molar-refractivity contribution in [2.24, 2.45) is 10.7 Å². The number of nitrogens with zero attached hydrogens (tertiary/aromatic N) is 2. The highest BCUT2D eigenvalue weighted by molar-refractivity contribution is 6.03. The number of nitrogens with two attached hydrogens (primary N) is 1. The van der Waals surface area contributed by atoms with Gasteiger partial charge in [0.15, 0.2) is 5.82 Å². The first-order valence-corrected chi connectivity index (χ1v) is 9.59. The topological polar surface area (TPSA) is 142 Å². The molecule has 29 heavy (non-hydrogen) atoms. The zero-order valence-corrected chi connectivity index (χ0v) is 15.8. The van der Waals surface area contributed by atoms with E-state index in [4.69, 9.17) is 5.73 Å². The molecular formula is C20H22N6O3. The molecule has 0 saturated heterocycles. The van der Waals surface area contributed by atoms with Crippen LogP contribution < -0.4 is 22.4 Å².